The topological polar surface area (TPSA) is 24.9 Å². The first kappa shape index (κ1) is 13.2. The molecule has 1 heterocycles. The van der Waals surface area contributed by atoms with Crippen molar-refractivity contribution in [2.45, 2.75) is 33.2 Å². The monoisotopic (exact) mass is 260 g/mol. The van der Waals surface area contributed by atoms with E-state index >= 15 is 0 Å². The average molecular weight is 260 g/mol. The minimum absolute atomic E-state index is 0.345. The van der Waals surface area contributed by atoms with Crippen LogP contribution in [0.25, 0.3) is 0 Å². The van der Waals surface area contributed by atoms with Gasteiger partial charge in [-0.1, -0.05) is 36.8 Å². The number of nitrogens with one attached hydrogen (secondary N) is 1. The van der Waals surface area contributed by atoms with Crippen LogP contribution < -0.4 is 5.32 Å². The van der Waals surface area contributed by atoms with E-state index in [1.165, 1.54) is 16.1 Å². The average Bonchev–Trinajstić information content (AvgIpc) is 2.78. The first-order valence-electron chi connectivity index (χ1n) is 6.42. The van der Waals surface area contributed by atoms with Crippen molar-refractivity contribution in [1.82, 2.24) is 10.3 Å². The second-order valence-corrected chi connectivity index (χ2v) is 5.55. The molecule has 96 valence electrons. The molecule has 2 nitrogen and oxygen atoms in total. The molecule has 2 aromatic rings. The summed E-state index contributed by atoms with van der Waals surface area (Å²) in [7, 11) is 0. The number of hydrogen-bond acceptors (Lipinski definition) is 3. The smallest absolute Gasteiger partial charge is 0.0972 e. The van der Waals surface area contributed by atoms with E-state index in [1.54, 1.807) is 11.3 Å². The summed E-state index contributed by atoms with van der Waals surface area (Å²) < 4.78 is 0. The normalized spacial score (nSPS) is 12.6. The maximum Gasteiger partial charge on any atom is 0.0972 e. The minimum Gasteiger partial charge on any atom is -0.309 e. The van der Waals surface area contributed by atoms with Gasteiger partial charge in [-0.2, -0.15) is 0 Å². The number of aryl methyl sites for hydroxylation is 1. The van der Waals surface area contributed by atoms with Crippen molar-refractivity contribution in [2.24, 2.45) is 0 Å². The Morgan fingerprint density at radius 1 is 1.39 bits per heavy atom. The standard InChI is InChI=1S/C15H20N2S/c1-4-16-12(3)14-10-18-15(17-14)9-13-7-5-6-11(2)8-13/h5-8,10,12,16H,4,9H2,1-3H3. The summed E-state index contributed by atoms with van der Waals surface area (Å²) in [5.41, 5.74) is 3.81. The molecule has 1 N–H and O–H groups in total. The lowest BCUT2D eigenvalue weighted by Gasteiger charge is -2.08. The molecule has 0 fully saturated rings. The highest BCUT2D eigenvalue weighted by atomic mass is 32.1. The van der Waals surface area contributed by atoms with Crippen molar-refractivity contribution in [3.63, 3.8) is 0 Å². The number of rotatable bonds is 5. The number of thiazole rings is 1. The second-order valence-electron chi connectivity index (χ2n) is 4.61. The molecule has 1 atom stereocenters. The van der Waals surface area contributed by atoms with E-state index < -0.39 is 0 Å². The van der Waals surface area contributed by atoms with Crippen LogP contribution in [0.5, 0.6) is 0 Å². The van der Waals surface area contributed by atoms with Crippen LogP contribution in [0, 0.1) is 6.92 Å². The Balaban J connectivity index is 2.06. The highest BCUT2D eigenvalue weighted by Gasteiger charge is 2.09. The van der Waals surface area contributed by atoms with Crippen molar-refractivity contribution >= 4 is 11.3 Å². The maximum absolute atomic E-state index is 4.71. The van der Waals surface area contributed by atoms with Crippen molar-refractivity contribution < 1.29 is 0 Å². The third-order valence-corrected chi connectivity index (χ3v) is 3.83. The lowest BCUT2D eigenvalue weighted by Crippen LogP contribution is -2.17. The molecule has 1 aromatic heterocycles. The van der Waals surface area contributed by atoms with Gasteiger partial charge < -0.3 is 5.32 Å². The summed E-state index contributed by atoms with van der Waals surface area (Å²) in [6.45, 7) is 7.39. The molecule has 0 radical (unpaired) electrons. The van der Waals surface area contributed by atoms with Crippen LogP contribution in [0.1, 0.15) is 41.7 Å². The van der Waals surface area contributed by atoms with E-state index in [9.17, 15) is 0 Å². The van der Waals surface area contributed by atoms with Crippen LogP contribution in [-0.2, 0) is 6.42 Å². The predicted octanol–water partition coefficient (Wildman–Crippen LogP) is 3.71. The highest BCUT2D eigenvalue weighted by Crippen LogP contribution is 2.19. The number of hydrogen-bond donors (Lipinski definition) is 1. The summed E-state index contributed by atoms with van der Waals surface area (Å²) >= 11 is 1.75. The molecule has 2 rings (SSSR count). The van der Waals surface area contributed by atoms with Crippen molar-refractivity contribution in [3.8, 4) is 0 Å². The fourth-order valence-corrected chi connectivity index (χ4v) is 2.93. The van der Waals surface area contributed by atoms with Crippen LogP contribution in [0.4, 0.5) is 0 Å². The number of nitrogens with zero attached hydrogens (tertiary/aromatic N) is 1. The molecule has 0 saturated heterocycles. The molecule has 0 spiro atoms. The van der Waals surface area contributed by atoms with Gasteiger partial charge in [0, 0.05) is 17.8 Å². The summed E-state index contributed by atoms with van der Waals surface area (Å²) in [5.74, 6) is 0. The molecule has 0 amide bonds. The number of aromatic nitrogens is 1. The van der Waals surface area contributed by atoms with Crippen LogP contribution in [0.2, 0.25) is 0 Å². The Morgan fingerprint density at radius 2 is 2.22 bits per heavy atom. The molecular formula is C15H20N2S. The molecule has 3 heteroatoms. The van der Waals surface area contributed by atoms with E-state index in [2.05, 4.69) is 55.7 Å². The van der Waals surface area contributed by atoms with Crippen LogP contribution in [0.3, 0.4) is 0 Å². The molecule has 0 aliphatic rings. The molecule has 18 heavy (non-hydrogen) atoms. The zero-order chi connectivity index (χ0) is 13.0. The van der Waals surface area contributed by atoms with Gasteiger partial charge in [-0.25, -0.2) is 4.98 Å². The van der Waals surface area contributed by atoms with Gasteiger partial charge in [0.25, 0.3) is 0 Å². The Bertz CT molecular complexity index is 505. The van der Waals surface area contributed by atoms with Crippen molar-refractivity contribution in [3.05, 3.63) is 51.5 Å². The molecule has 1 aromatic carbocycles. The predicted molar refractivity (Wildman–Crippen MR) is 78.2 cm³/mol. The summed E-state index contributed by atoms with van der Waals surface area (Å²) in [6, 6.07) is 8.98. The quantitative estimate of drug-likeness (QED) is 0.886. The van der Waals surface area contributed by atoms with Gasteiger partial charge in [0.05, 0.1) is 10.7 Å². The molecular weight excluding hydrogens is 240 g/mol. The van der Waals surface area contributed by atoms with Crippen LogP contribution in [-0.4, -0.2) is 11.5 Å². The summed E-state index contributed by atoms with van der Waals surface area (Å²) in [6.07, 6.45) is 0.936. The lowest BCUT2D eigenvalue weighted by molar-refractivity contribution is 0.585. The molecule has 0 saturated carbocycles. The van der Waals surface area contributed by atoms with Crippen molar-refractivity contribution in [1.29, 1.82) is 0 Å². The zero-order valence-electron chi connectivity index (χ0n) is 11.2. The molecule has 1 unspecified atom stereocenters. The van der Waals surface area contributed by atoms with Crippen LogP contribution >= 0.6 is 11.3 Å². The van der Waals surface area contributed by atoms with Gasteiger partial charge >= 0.3 is 0 Å². The van der Waals surface area contributed by atoms with Gasteiger partial charge in [0.2, 0.25) is 0 Å². The molecule has 0 bridgehead atoms. The first-order valence-corrected chi connectivity index (χ1v) is 7.30. The maximum atomic E-state index is 4.71. The van der Waals surface area contributed by atoms with Crippen LogP contribution in [0.15, 0.2) is 29.6 Å². The summed E-state index contributed by atoms with van der Waals surface area (Å²) in [4.78, 5) is 4.71. The lowest BCUT2D eigenvalue weighted by atomic mass is 10.1. The largest absolute Gasteiger partial charge is 0.309 e. The molecule has 0 aliphatic carbocycles. The van der Waals surface area contributed by atoms with E-state index in [4.69, 9.17) is 4.98 Å². The van der Waals surface area contributed by atoms with Gasteiger partial charge in [-0.3, -0.25) is 0 Å². The molecule has 0 aliphatic heterocycles. The van der Waals surface area contributed by atoms with Gasteiger partial charge in [0.15, 0.2) is 0 Å². The second kappa shape index (κ2) is 6.12. The van der Waals surface area contributed by atoms with E-state index in [1.807, 2.05) is 0 Å². The fourth-order valence-electron chi connectivity index (χ4n) is 2.01. The SMILES string of the molecule is CCNC(C)c1csc(Cc2cccc(C)c2)n1. The Hall–Kier alpha value is -1.19. The number of benzene rings is 1. The highest BCUT2D eigenvalue weighted by molar-refractivity contribution is 7.09. The van der Waals surface area contributed by atoms with Gasteiger partial charge in [0.1, 0.15) is 0 Å². The van der Waals surface area contributed by atoms with Gasteiger partial charge in [-0.15, -0.1) is 11.3 Å². The third kappa shape index (κ3) is 3.40. The Kier molecular flexibility index (Phi) is 4.50. The van der Waals surface area contributed by atoms with E-state index in [0.29, 0.717) is 6.04 Å². The van der Waals surface area contributed by atoms with Gasteiger partial charge in [-0.05, 0) is 26.0 Å². The third-order valence-electron chi connectivity index (χ3n) is 2.96. The Morgan fingerprint density at radius 3 is 2.94 bits per heavy atom. The fraction of sp³-hybridized carbons (Fsp3) is 0.400. The first-order chi connectivity index (χ1) is 8.69. The zero-order valence-corrected chi connectivity index (χ0v) is 12.1. The summed E-state index contributed by atoms with van der Waals surface area (Å²) in [5, 5.41) is 6.75. The van der Waals surface area contributed by atoms with Crippen molar-refractivity contribution in [2.75, 3.05) is 6.54 Å². The minimum atomic E-state index is 0.345. The van der Waals surface area contributed by atoms with E-state index in [-0.39, 0.29) is 0 Å². The van der Waals surface area contributed by atoms with E-state index in [0.717, 1.165) is 18.7 Å². The Labute approximate surface area is 113 Å².